The molecular formula is C31H34ClFN6O4. The van der Waals surface area contributed by atoms with Crippen molar-refractivity contribution in [3.05, 3.63) is 88.7 Å². The number of carbonyl (C=O) groups excluding carboxylic acids is 1. The molecular weight excluding hydrogens is 575 g/mol. The van der Waals surface area contributed by atoms with Crippen LogP contribution >= 0.6 is 11.6 Å². The Kier molecular flexibility index (Phi) is 9.32. The Morgan fingerprint density at radius 1 is 1.05 bits per heavy atom. The summed E-state index contributed by atoms with van der Waals surface area (Å²) in [7, 11) is 3.05. The molecule has 0 saturated carbocycles. The summed E-state index contributed by atoms with van der Waals surface area (Å²) >= 11 is 5.98. The lowest BCUT2D eigenvalue weighted by Gasteiger charge is -2.39. The van der Waals surface area contributed by atoms with E-state index in [1.807, 2.05) is 24.1 Å². The predicted molar refractivity (Wildman–Crippen MR) is 167 cm³/mol. The van der Waals surface area contributed by atoms with Gasteiger partial charge in [-0.15, -0.1) is 11.6 Å². The minimum atomic E-state index is -0.763. The first kappa shape index (κ1) is 30.1. The van der Waals surface area contributed by atoms with Gasteiger partial charge in [-0.25, -0.2) is 18.8 Å². The van der Waals surface area contributed by atoms with Gasteiger partial charge in [-0.2, -0.15) is 0 Å². The highest BCUT2D eigenvalue weighted by Crippen LogP contribution is 2.37. The van der Waals surface area contributed by atoms with Gasteiger partial charge in [0, 0.05) is 50.4 Å². The van der Waals surface area contributed by atoms with Crippen LogP contribution in [-0.4, -0.2) is 73.4 Å². The van der Waals surface area contributed by atoms with Gasteiger partial charge in [-0.1, -0.05) is 12.1 Å². The molecule has 226 valence electrons. The van der Waals surface area contributed by atoms with Crippen LogP contribution in [0.3, 0.4) is 0 Å². The number of aromatic nitrogens is 2. The number of urea groups is 1. The molecule has 5 rings (SSSR count). The summed E-state index contributed by atoms with van der Waals surface area (Å²) in [6, 6.07) is 16.5. The highest BCUT2D eigenvalue weighted by molar-refractivity contribution is 6.18. The normalized spacial score (nSPS) is 14.4. The molecule has 0 spiro atoms. The van der Waals surface area contributed by atoms with Crippen LogP contribution in [0.2, 0.25) is 0 Å². The summed E-state index contributed by atoms with van der Waals surface area (Å²) in [5, 5.41) is 5.30. The van der Waals surface area contributed by atoms with E-state index in [9.17, 15) is 14.0 Å². The van der Waals surface area contributed by atoms with Crippen LogP contribution in [0, 0.1) is 5.82 Å². The van der Waals surface area contributed by atoms with Crippen LogP contribution in [0.4, 0.5) is 20.6 Å². The molecule has 3 aromatic carbocycles. The van der Waals surface area contributed by atoms with E-state index >= 15 is 0 Å². The SMILES string of the molecule is COc1ccc(N(C(=O)Nc2ccc(F)cc2)C(C)c2nc3ccccc3c(=O)n2N2CCN(CCCl)CC2)c(OC)c1. The van der Waals surface area contributed by atoms with Crippen LogP contribution in [0.1, 0.15) is 18.8 Å². The Morgan fingerprint density at radius 2 is 1.77 bits per heavy atom. The number of nitrogens with zero attached hydrogens (tertiary/aromatic N) is 5. The number of methoxy groups -OCH3 is 2. The molecule has 1 aliphatic heterocycles. The number of nitrogens with one attached hydrogen (secondary N) is 1. The number of rotatable bonds is 9. The average molecular weight is 609 g/mol. The number of hydrogen-bond donors (Lipinski definition) is 1. The first-order chi connectivity index (χ1) is 20.8. The van der Waals surface area contributed by atoms with E-state index in [1.165, 1.54) is 36.3 Å². The molecule has 4 aromatic rings. The molecule has 1 aromatic heterocycles. The summed E-state index contributed by atoms with van der Waals surface area (Å²) in [5.74, 6) is 1.41. The first-order valence-electron chi connectivity index (χ1n) is 14.0. The quantitative estimate of drug-likeness (QED) is 0.272. The minimum absolute atomic E-state index is 0.223. The lowest BCUT2D eigenvalue weighted by atomic mass is 10.1. The zero-order chi connectivity index (χ0) is 30.5. The summed E-state index contributed by atoms with van der Waals surface area (Å²) in [4.78, 5) is 36.8. The Balaban J connectivity index is 1.64. The second-order valence-electron chi connectivity index (χ2n) is 10.1. The third-order valence-electron chi connectivity index (χ3n) is 7.53. The number of fused-ring (bicyclic) bond motifs is 1. The highest BCUT2D eigenvalue weighted by atomic mass is 35.5. The second-order valence-corrected chi connectivity index (χ2v) is 10.5. The molecule has 0 radical (unpaired) electrons. The molecule has 43 heavy (non-hydrogen) atoms. The Hall–Kier alpha value is -4.35. The van der Waals surface area contributed by atoms with Gasteiger partial charge in [-0.05, 0) is 55.5 Å². The van der Waals surface area contributed by atoms with Crippen molar-refractivity contribution in [2.45, 2.75) is 13.0 Å². The molecule has 0 aliphatic carbocycles. The van der Waals surface area contributed by atoms with Crippen molar-refractivity contribution < 1.29 is 18.7 Å². The smallest absolute Gasteiger partial charge is 0.327 e. The van der Waals surface area contributed by atoms with Crippen LogP contribution in [0.15, 0.2) is 71.5 Å². The van der Waals surface area contributed by atoms with Crippen molar-refractivity contribution in [3.63, 3.8) is 0 Å². The number of alkyl halides is 1. The second kappa shape index (κ2) is 13.3. The van der Waals surface area contributed by atoms with Gasteiger partial charge in [0.2, 0.25) is 0 Å². The summed E-state index contributed by atoms with van der Waals surface area (Å²) in [6.45, 7) is 5.17. The highest BCUT2D eigenvalue weighted by Gasteiger charge is 2.32. The van der Waals surface area contributed by atoms with Crippen LogP contribution in [0.25, 0.3) is 10.9 Å². The molecule has 0 bridgehead atoms. The van der Waals surface area contributed by atoms with Gasteiger partial charge in [0.25, 0.3) is 5.56 Å². The molecule has 12 heteroatoms. The lowest BCUT2D eigenvalue weighted by molar-refractivity contribution is 0.247. The topological polar surface area (TPSA) is 92.2 Å². The third kappa shape index (κ3) is 6.37. The van der Waals surface area contributed by atoms with E-state index in [0.29, 0.717) is 58.6 Å². The summed E-state index contributed by atoms with van der Waals surface area (Å²) in [6.07, 6.45) is 0. The Bertz CT molecular complexity index is 1640. The Labute approximate surface area is 254 Å². The fourth-order valence-electron chi connectivity index (χ4n) is 5.28. The first-order valence-corrected chi connectivity index (χ1v) is 14.5. The van der Waals surface area contributed by atoms with Crippen LogP contribution in [-0.2, 0) is 0 Å². The number of anilines is 2. The molecule has 1 saturated heterocycles. The summed E-state index contributed by atoms with van der Waals surface area (Å²) in [5.41, 5.74) is 1.12. The number of para-hydroxylation sites is 1. The van der Waals surface area contributed by atoms with Gasteiger partial charge in [0.05, 0.1) is 36.9 Å². The number of benzene rings is 3. The largest absolute Gasteiger partial charge is 0.497 e. The van der Waals surface area contributed by atoms with Gasteiger partial charge < -0.3 is 19.8 Å². The summed E-state index contributed by atoms with van der Waals surface area (Å²) < 4.78 is 26.3. The van der Waals surface area contributed by atoms with Crippen molar-refractivity contribution >= 4 is 39.9 Å². The minimum Gasteiger partial charge on any atom is -0.497 e. The van der Waals surface area contributed by atoms with Crippen molar-refractivity contribution in [2.24, 2.45) is 0 Å². The number of hydrogen-bond acceptors (Lipinski definition) is 7. The molecule has 1 aliphatic rings. The van der Waals surface area contributed by atoms with E-state index in [1.54, 1.807) is 42.1 Å². The van der Waals surface area contributed by atoms with Gasteiger partial charge >= 0.3 is 6.03 Å². The molecule has 10 nitrogen and oxygen atoms in total. The lowest BCUT2D eigenvalue weighted by Crippen LogP contribution is -2.56. The van der Waals surface area contributed by atoms with E-state index in [2.05, 4.69) is 10.2 Å². The maximum Gasteiger partial charge on any atom is 0.327 e. The maximum absolute atomic E-state index is 14.1. The van der Waals surface area contributed by atoms with Crippen molar-refractivity contribution in [2.75, 3.05) is 68.0 Å². The predicted octanol–water partition coefficient (Wildman–Crippen LogP) is 4.84. The van der Waals surface area contributed by atoms with E-state index in [4.69, 9.17) is 26.1 Å². The molecule has 2 amide bonds. The number of amides is 2. The number of ether oxygens (including phenoxy) is 2. The average Bonchev–Trinajstić information content (AvgIpc) is 3.03. The molecule has 1 atom stereocenters. The standard InChI is InChI=1S/C31H34ClFN6O4/c1-21(29-35-26-7-5-4-6-25(26)30(40)39(29)37-18-16-36(15-14-32)17-19-37)38(27-13-12-24(42-2)20-28(27)43-3)31(41)34-23-10-8-22(33)9-11-23/h4-13,20-21H,14-19H2,1-3H3,(H,34,41). The Morgan fingerprint density at radius 3 is 2.44 bits per heavy atom. The van der Waals surface area contributed by atoms with E-state index < -0.39 is 17.9 Å². The maximum atomic E-state index is 14.1. The number of halogens is 2. The monoisotopic (exact) mass is 608 g/mol. The van der Waals surface area contributed by atoms with Gasteiger partial charge in [0.15, 0.2) is 5.82 Å². The van der Waals surface area contributed by atoms with E-state index in [0.717, 1.165) is 19.6 Å². The number of carbonyl (C=O) groups is 1. The zero-order valence-corrected chi connectivity index (χ0v) is 25.1. The molecule has 1 unspecified atom stereocenters. The molecule has 2 heterocycles. The fraction of sp³-hybridized carbons (Fsp3) is 0.323. The number of piperazine rings is 1. The van der Waals surface area contributed by atoms with Gasteiger partial charge in [-0.3, -0.25) is 14.6 Å². The van der Waals surface area contributed by atoms with E-state index in [-0.39, 0.29) is 5.56 Å². The van der Waals surface area contributed by atoms with Crippen molar-refractivity contribution in [3.8, 4) is 11.5 Å². The van der Waals surface area contributed by atoms with Crippen molar-refractivity contribution in [1.82, 2.24) is 14.6 Å². The molecule has 1 fully saturated rings. The van der Waals surface area contributed by atoms with Crippen LogP contribution < -0.4 is 30.3 Å². The third-order valence-corrected chi connectivity index (χ3v) is 7.70. The van der Waals surface area contributed by atoms with Gasteiger partial charge in [0.1, 0.15) is 17.3 Å². The molecule has 1 N–H and O–H groups in total. The fourth-order valence-corrected chi connectivity index (χ4v) is 5.51. The van der Waals surface area contributed by atoms with Crippen molar-refractivity contribution in [1.29, 1.82) is 0 Å². The zero-order valence-electron chi connectivity index (χ0n) is 24.3. The van der Waals surface area contributed by atoms with Crippen LogP contribution in [0.5, 0.6) is 11.5 Å².